The third-order valence-electron chi connectivity index (χ3n) is 5.74. The standard InChI is InChI=1S/C20H23N5/c1-2-16-13-25(8-1)9-6-19(16)23-20-11-17(12-22-24-20)14-3-4-18-15(10-14)5-7-21-18/h3-5,7,10-12,16,19,21H,1-2,6,8-9,13H2,(H,23,24). The van der Waals surface area contributed by atoms with Gasteiger partial charge in [0.1, 0.15) is 5.82 Å². The molecule has 5 rings (SSSR count). The predicted octanol–water partition coefficient (Wildman–Crippen LogP) is 3.52. The van der Waals surface area contributed by atoms with Gasteiger partial charge in [-0.2, -0.15) is 5.10 Å². The molecule has 4 heterocycles. The van der Waals surface area contributed by atoms with Crippen LogP contribution in [-0.4, -0.2) is 45.8 Å². The van der Waals surface area contributed by atoms with Gasteiger partial charge in [0.2, 0.25) is 0 Å². The van der Waals surface area contributed by atoms with Gasteiger partial charge in [0.05, 0.1) is 6.20 Å². The van der Waals surface area contributed by atoms with Crippen LogP contribution in [0.3, 0.4) is 0 Å². The molecule has 2 saturated heterocycles. The van der Waals surface area contributed by atoms with E-state index in [9.17, 15) is 0 Å². The molecule has 3 aromatic rings. The number of H-pyrrole nitrogens is 1. The summed E-state index contributed by atoms with van der Waals surface area (Å²) in [5, 5.41) is 13.5. The van der Waals surface area contributed by atoms with E-state index in [1.54, 1.807) is 0 Å². The van der Waals surface area contributed by atoms with Crippen LogP contribution in [0.5, 0.6) is 0 Å². The second kappa shape index (κ2) is 6.15. The number of aromatic nitrogens is 3. The van der Waals surface area contributed by atoms with E-state index >= 15 is 0 Å². The zero-order chi connectivity index (χ0) is 16.6. The third-order valence-corrected chi connectivity index (χ3v) is 5.74. The Kier molecular flexibility index (Phi) is 3.67. The first kappa shape index (κ1) is 14.9. The summed E-state index contributed by atoms with van der Waals surface area (Å²) in [6.45, 7) is 3.71. The van der Waals surface area contributed by atoms with Crippen molar-refractivity contribution in [3.8, 4) is 11.1 Å². The van der Waals surface area contributed by atoms with Crippen molar-refractivity contribution in [2.75, 3.05) is 25.0 Å². The first-order chi connectivity index (χ1) is 12.3. The van der Waals surface area contributed by atoms with Gasteiger partial charge in [-0.25, -0.2) is 0 Å². The number of anilines is 1. The van der Waals surface area contributed by atoms with Gasteiger partial charge in [-0.3, -0.25) is 0 Å². The van der Waals surface area contributed by atoms with Crippen molar-refractivity contribution >= 4 is 16.7 Å². The Morgan fingerprint density at radius 2 is 2.08 bits per heavy atom. The molecule has 128 valence electrons. The molecule has 0 aliphatic carbocycles. The molecule has 2 bridgehead atoms. The summed E-state index contributed by atoms with van der Waals surface area (Å²) in [6, 6.07) is 11.2. The fourth-order valence-electron chi connectivity index (χ4n) is 4.39. The van der Waals surface area contributed by atoms with E-state index in [2.05, 4.69) is 55.7 Å². The number of benzene rings is 1. The number of aromatic amines is 1. The molecule has 2 aromatic heterocycles. The van der Waals surface area contributed by atoms with Crippen molar-refractivity contribution in [2.45, 2.75) is 25.3 Å². The maximum Gasteiger partial charge on any atom is 0.149 e. The molecule has 0 saturated carbocycles. The Hall–Kier alpha value is -2.40. The van der Waals surface area contributed by atoms with Crippen LogP contribution in [0.4, 0.5) is 5.82 Å². The monoisotopic (exact) mass is 333 g/mol. The average Bonchev–Trinajstić information content (AvgIpc) is 3.12. The largest absolute Gasteiger partial charge is 0.365 e. The Morgan fingerprint density at radius 3 is 3.08 bits per heavy atom. The fraction of sp³-hybridized carbons (Fsp3) is 0.400. The van der Waals surface area contributed by atoms with Gasteiger partial charge in [0.25, 0.3) is 0 Å². The molecule has 1 aromatic carbocycles. The van der Waals surface area contributed by atoms with Crippen molar-refractivity contribution < 1.29 is 0 Å². The number of rotatable bonds is 3. The summed E-state index contributed by atoms with van der Waals surface area (Å²) in [6.07, 6.45) is 7.67. The number of nitrogens with zero attached hydrogens (tertiary/aromatic N) is 3. The van der Waals surface area contributed by atoms with E-state index in [1.807, 2.05) is 12.4 Å². The summed E-state index contributed by atoms with van der Waals surface area (Å²) >= 11 is 0. The summed E-state index contributed by atoms with van der Waals surface area (Å²) in [4.78, 5) is 5.84. The normalized spacial score (nSPS) is 25.8. The Labute approximate surface area is 147 Å². The van der Waals surface area contributed by atoms with Crippen LogP contribution < -0.4 is 5.32 Å². The summed E-state index contributed by atoms with van der Waals surface area (Å²) in [5.41, 5.74) is 3.45. The Balaban J connectivity index is 1.39. The highest BCUT2D eigenvalue weighted by atomic mass is 15.2. The molecule has 5 heteroatoms. The topological polar surface area (TPSA) is 56.8 Å². The number of hydrogen-bond donors (Lipinski definition) is 2. The molecular weight excluding hydrogens is 310 g/mol. The van der Waals surface area contributed by atoms with E-state index in [4.69, 9.17) is 0 Å². The molecule has 2 fully saturated rings. The smallest absolute Gasteiger partial charge is 0.149 e. The van der Waals surface area contributed by atoms with Crippen molar-refractivity contribution in [3.63, 3.8) is 0 Å². The minimum atomic E-state index is 0.522. The van der Waals surface area contributed by atoms with E-state index in [0.29, 0.717) is 6.04 Å². The number of hydrogen-bond acceptors (Lipinski definition) is 4. The van der Waals surface area contributed by atoms with Gasteiger partial charge in [-0.1, -0.05) is 6.07 Å². The number of piperidine rings is 2. The molecule has 0 amide bonds. The molecule has 2 aliphatic rings. The zero-order valence-corrected chi connectivity index (χ0v) is 14.3. The molecule has 2 N–H and O–H groups in total. The van der Waals surface area contributed by atoms with Gasteiger partial charge >= 0.3 is 0 Å². The molecule has 3 unspecified atom stereocenters. The fourth-order valence-corrected chi connectivity index (χ4v) is 4.39. The molecule has 2 aliphatic heterocycles. The zero-order valence-electron chi connectivity index (χ0n) is 14.3. The highest BCUT2D eigenvalue weighted by molar-refractivity contribution is 5.85. The van der Waals surface area contributed by atoms with Crippen LogP contribution in [0, 0.1) is 5.92 Å². The SMILES string of the molecule is c1cc2cc(-c3cnnc(NC4CCN5CCCC4C5)c3)ccc2[nH]1. The lowest BCUT2D eigenvalue weighted by molar-refractivity contribution is 0.113. The number of nitrogens with one attached hydrogen (secondary N) is 2. The van der Waals surface area contributed by atoms with Gasteiger partial charge in [0.15, 0.2) is 0 Å². The summed E-state index contributed by atoms with van der Waals surface area (Å²) < 4.78 is 0. The molecule has 0 radical (unpaired) electrons. The molecular formula is C20H23N5. The van der Waals surface area contributed by atoms with Crippen LogP contribution in [0.25, 0.3) is 22.0 Å². The second-order valence-corrected chi connectivity index (χ2v) is 7.35. The maximum atomic E-state index is 4.34. The number of fused-ring (bicyclic) bond motifs is 3. The lowest BCUT2D eigenvalue weighted by atomic mass is 9.85. The Morgan fingerprint density at radius 1 is 1.08 bits per heavy atom. The summed E-state index contributed by atoms with van der Waals surface area (Å²) in [7, 11) is 0. The van der Waals surface area contributed by atoms with Gasteiger partial charge in [-0.05, 0) is 66.9 Å². The van der Waals surface area contributed by atoms with Crippen molar-refractivity contribution in [1.82, 2.24) is 20.1 Å². The maximum absolute atomic E-state index is 4.34. The first-order valence-electron chi connectivity index (χ1n) is 9.24. The average molecular weight is 333 g/mol. The van der Waals surface area contributed by atoms with Crippen LogP contribution in [0.1, 0.15) is 19.3 Å². The van der Waals surface area contributed by atoms with Crippen molar-refractivity contribution in [1.29, 1.82) is 0 Å². The highest BCUT2D eigenvalue weighted by Crippen LogP contribution is 2.30. The lowest BCUT2D eigenvalue weighted by Crippen LogP contribution is -2.49. The van der Waals surface area contributed by atoms with E-state index in [1.165, 1.54) is 49.8 Å². The van der Waals surface area contributed by atoms with Crippen molar-refractivity contribution in [2.24, 2.45) is 5.92 Å². The van der Waals surface area contributed by atoms with Crippen LogP contribution in [0.15, 0.2) is 42.7 Å². The Bertz CT molecular complexity index is 886. The molecule has 25 heavy (non-hydrogen) atoms. The lowest BCUT2D eigenvalue weighted by Gasteiger charge is -2.42. The van der Waals surface area contributed by atoms with Crippen molar-refractivity contribution in [3.05, 3.63) is 42.7 Å². The molecule has 5 nitrogen and oxygen atoms in total. The van der Waals surface area contributed by atoms with Crippen LogP contribution in [-0.2, 0) is 0 Å². The third kappa shape index (κ3) is 2.89. The quantitative estimate of drug-likeness (QED) is 0.770. The summed E-state index contributed by atoms with van der Waals surface area (Å²) in [5.74, 6) is 1.64. The van der Waals surface area contributed by atoms with Crippen LogP contribution >= 0.6 is 0 Å². The van der Waals surface area contributed by atoms with E-state index < -0.39 is 0 Å². The minimum Gasteiger partial charge on any atom is -0.365 e. The predicted molar refractivity (Wildman–Crippen MR) is 101 cm³/mol. The van der Waals surface area contributed by atoms with Gasteiger partial charge in [0, 0.05) is 36.4 Å². The highest BCUT2D eigenvalue weighted by Gasteiger charge is 2.32. The molecule has 0 spiro atoms. The van der Waals surface area contributed by atoms with Gasteiger partial charge in [-0.15, -0.1) is 5.10 Å². The molecule has 3 atom stereocenters. The van der Waals surface area contributed by atoms with E-state index in [-0.39, 0.29) is 0 Å². The van der Waals surface area contributed by atoms with Gasteiger partial charge < -0.3 is 15.2 Å². The van der Waals surface area contributed by atoms with Crippen LogP contribution in [0.2, 0.25) is 0 Å². The minimum absolute atomic E-state index is 0.522. The first-order valence-corrected chi connectivity index (χ1v) is 9.24. The second-order valence-electron chi connectivity index (χ2n) is 7.35. The van der Waals surface area contributed by atoms with E-state index in [0.717, 1.165) is 22.8 Å².